The number of hydrogen-bond acceptors (Lipinski definition) is 5. The van der Waals surface area contributed by atoms with Gasteiger partial charge in [0.2, 0.25) is 5.43 Å². The number of hydrogen-bond donors (Lipinski definition) is 2. The Morgan fingerprint density at radius 1 is 1.20 bits per heavy atom. The second-order valence-electron chi connectivity index (χ2n) is 6.80. The largest absolute Gasteiger partial charge is 1.00 e. The van der Waals surface area contributed by atoms with E-state index in [0.29, 0.717) is 25.6 Å². The van der Waals surface area contributed by atoms with Crippen molar-refractivity contribution < 1.29 is 35.5 Å². The predicted molar refractivity (Wildman–Crippen MR) is 99.0 cm³/mol. The summed E-state index contributed by atoms with van der Waals surface area (Å²) < 4.78 is 43.5. The lowest BCUT2D eigenvalue weighted by Crippen LogP contribution is -3.00. The lowest BCUT2D eigenvalue weighted by atomic mass is 10.1. The quantitative estimate of drug-likeness (QED) is 0.545. The Hall–Kier alpha value is -3.11. The summed E-state index contributed by atoms with van der Waals surface area (Å²) in [5, 5.41) is 9.00. The molecule has 1 aliphatic heterocycles. The Morgan fingerprint density at radius 3 is 2.53 bits per heavy atom. The first kappa shape index (κ1) is 21.6. The maximum Gasteiger partial charge on any atom is 0.341 e. The minimum atomic E-state index is -1.57. The third-order valence-electron chi connectivity index (χ3n) is 4.84. The number of fused-ring (bicyclic) bond motifs is 1. The molecular weight excluding hydrogens is 425 g/mol. The van der Waals surface area contributed by atoms with Crippen LogP contribution in [0.25, 0.3) is 16.7 Å². The number of aromatic nitrogens is 2. The van der Waals surface area contributed by atoms with Gasteiger partial charge in [0.25, 0.3) is 0 Å². The van der Waals surface area contributed by atoms with E-state index in [1.165, 1.54) is 0 Å². The molecule has 158 valence electrons. The molecule has 3 aromatic rings. The number of anilines is 1. The molecule has 4 rings (SSSR count). The fourth-order valence-corrected chi connectivity index (χ4v) is 3.43. The zero-order valence-electron chi connectivity index (χ0n) is 15.3. The van der Waals surface area contributed by atoms with E-state index in [4.69, 9.17) is 5.73 Å². The highest BCUT2D eigenvalue weighted by Crippen LogP contribution is 2.26. The van der Waals surface area contributed by atoms with Crippen LogP contribution in [0.4, 0.5) is 19.0 Å². The van der Waals surface area contributed by atoms with Crippen molar-refractivity contribution in [3.05, 3.63) is 63.7 Å². The summed E-state index contributed by atoms with van der Waals surface area (Å²) in [5.41, 5.74) is 3.82. The Balaban J connectivity index is 0.00000256. The third kappa shape index (κ3) is 3.59. The molecule has 1 unspecified atom stereocenters. The van der Waals surface area contributed by atoms with Crippen LogP contribution in [-0.4, -0.2) is 39.8 Å². The summed E-state index contributed by atoms with van der Waals surface area (Å²) in [6.07, 6.45) is 1.52. The van der Waals surface area contributed by atoms with E-state index >= 15 is 0 Å². The number of carbonyl (C=O) groups is 1. The van der Waals surface area contributed by atoms with Gasteiger partial charge >= 0.3 is 5.97 Å². The summed E-state index contributed by atoms with van der Waals surface area (Å²) in [6, 6.07) is 3.39. The van der Waals surface area contributed by atoms with Gasteiger partial charge in [-0.3, -0.25) is 9.36 Å². The standard InChI is InChI=1S/C19H15F3N4O3.ClH/c20-9-1-2-15(13(21)5-9)26-8-12(19(28)29)16(27)11-6-14(22)18(24-17(11)26)25-4-3-10(23)7-25;/h1-2,5-6,8,10H,3-4,7,23H2,(H,28,29);1H/p-1. The first-order valence-electron chi connectivity index (χ1n) is 8.71. The van der Waals surface area contributed by atoms with E-state index in [1.54, 1.807) is 4.90 Å². The molecule has 1 saturated heterocycles. The molecule has 1 atom stereocenters. The highest BCUT2D eigenvalue weighted by molar-refractivity contribution is 5.92. The Kier molecular flexibility index (Phi) is 5.73. The van der Waals surface area contributed by atoms with Crippen LogP contribution >= 0.6 is 0 Å². The van der Waals surface area contributed by atoms with Crippen molar-refractivity contribution in [3.8, 4) is 5.69 Å². The van der Waals surface area contributed by atoms with E-state index in [2.05, 4.69) is 4.98 Å². The number of pyridine rings is 2. The molecule has 0 aliphatic carbocycles. The second-order valence-corrected chi connectivity index (χ2v) is 6.80. The molecular formula is C19H15ClF3N4O3-. The number of carboxylic acids is 1. The van der Waals surface area contributed by atoms with E-state index < -0.39 is 34.4 Å². The normalized spacial score (nSPS) is 16.0. The number of nitrogens with zero attached hydrogens (tertiary/aromatic N) is 3. The fourth-order valence-electron chi connectivity index (χ4n) is 3.43. The molecule has 7 nitrogen and oxygen atoms in total. The van der Waals surface area contributed by atoms with Crippen molar-refractivity contribution in [2.24, 2.45) is 5.73 Å². The predicted octanol–water partition coefficient (Wildman–Crippen LogP) is -0.957. The number of benzene rings is 1. The molecule has 0 bridgehead atoms. The van der Waals surface area contributed by atoms with Gasteiger partial charge in [-0.1, -0.05) is 0 Å². The number of aromatic carboxylic acids is 1. The van der Waals surface area contributed by atoms with Gasteiger partial charge < -0.3 is 28.1 Å². The van der Waals surface area contributed by atoms with Crippen molar-refractivity contribution in [1.82, 2.24) is 9.55 Å². The SMILES string of the molecule is NC1CCN(c2nc3c(cc2F)c(=O)c(C(=O)O)cn3-c2ccc(F)cc2F)C1.[Cl-]. The minimum Gasteiger partial charge on any atom is -1.00 e. The maximum atomic E-state index is 14.7. The van der Waals surface area contributed by atoms with Crippen LogP contribution < -0.4 is 28.5 Å². The Morgan fingerprint density at radius 2 is 1.93 bits per heavy atom. The summed E-state index contributed by atoms with van der Waals surface area (Å²) in [6.45, 7) is 0.788. The zero-order chi connectivity index (χ0) is 20.9. The molecule has 3 heterocycles. The molecule has 1 aliphatic rings. The van der Waals surface area contributed by atoms with Crippen molar-refractivity contribution in [3.63, 3.8) is 0 Å². The zero-order valence-corrected chi connectivity index (χ0v) is 16.0. The number of nitrogens with two attached hydrogens (primary N) is 1. The van der Waals surface area contributed by atoms with Gasteiger partial charge in [0, 0.05) is 31.4 Å². The molecule has 0 saturated carbocycles. The van der Waals surface area contributed by atoms with Crippen molar-refractivity contribution in [1.29, 1.82) is 0 Å². The van der Waals surface area contributed by atoms with Gasteiger partial charge in [-0.2, -0.15) is 0 Å². The van der Waals surface area contributed by atoms with E-state index in [9.17, 15) is 27.9 Å². The topological polar surface area (TPSA) is 101 Å². The molecule has 30 heavy (non-hydrogen) atoms. The first-order chi connectivity index (χ1) is 13.8. The minimum absolute atomic E-state index is 0. The highest BCUT2D eigenvalue weighted by atomic mass is 35.5. The van der Waals surface area contributed by atoms with Crippen LogP contribution in [0, 0.1) is 17.5 Å². The van der Waals surface area contributed by atoms with Gasteiger partial charge in [0.1, 0.15) is 17.2 Å². The highest BCUT2D eigenvalue weighted by Gasteiger charge is 2.26. The number of carboxylic acid groups (broad SMARTS) is 1. The molecule has 3 N–H and O–H groups in total. The van der Waals surface area contributed by atoms with Crippen LogP contribution in [-0.2, 0) is 0 Å². The van der Waals surface area contributed by atoms with Gasteiger partial charge in [0.05, 0.1) is 11.1 Å². The van der Waals surface area contributed by atoms with Crippen molar-refractivity contribution >= 4 is 22.8 Å². The number of halogens is 4. The molecule has 1 fully saturated rings. The molecule has 0 radical (unpaired) electrons. The average molecular weight is 440 g/mol. The van der Waals surface area contributed by atoms with Crippen molar-refractivity contribution in [2.75, 3.05) is 18.0 Å². The van der Waals surface area contributed by atoms with Gasteiger partial charge in [-0.25, -0.2) is 22.9 Å². The number of rotatable bonds is 3. The molecule has 2 aromatic heterocycles. The lowest BCUT2D eigenvalue weighted by molar-refractivity contribution is -0.0000233. The Labute approximate surface area is 174 Å². The summed E-state index contributed by atoms with van der Waals surface area (Å²) >= 11 is 0. The van der Waals surface area contributed by atoms with Crippen LogP contribution in [0.2, 0.25) is 0 Å². The van der Waals surface area contributed by atoms with Crippen LogP contribution in [0.15, 0.2) is 35.3 Å². The van der Waals surface area contributed by atoms with Crippen LogP contribution in [0.5, 0.6) is 0 Å². The summed E-state index contributed by atoms with van der Waals surface area (Å²) in [7, 11) is 0. The second kappa shape index (κ2) is 7.96. The van der Waals surface area contributed by atoms with E-state index in [0.717, 1.165) is 29.0 Å². The Bertz CT molecular complexity index is 1220. The van der Waals surface area contributed by atoms with Gasteiger partial charge in [-0.05, 0) is 24.6 Å². The van der Waals surface area contributed by atoms with E-state index in [-0.39, 0.29) is 41.0 Å². The maximum absolute atomic E-state index is 14.7. The average Bonchev–Trinajstić information content (AvgIpc) is 3.08. The summed E-state index contributed by atoms with van der Waals surface area (Å²) in [4.78, 5) is 29.8. The smallest absolute Gasteiger partial charge is 0.341 e. The van der Waals surface area contributed by atoms with Crippen LogP contribution in [0.3, 0.4) is 0 Å². The third-order valence-corrected chi connectivity index (χ3v) is 4.84. The molecule has 0 amide bonds. The molecule has 0 spiro atoms. The lowest BCUT2D eigenvalue weighted by Gasteiger charge is -2.19. The fraction of sp³-hybridized carbons (Fsp3) is 0.211. The monoisotopic (exact) mass is 439 g/mol. The summed E-state index contributed by atoms with van der Waals surface area (Å²) in [5.74, 6) is -4.30. The van der Waals surface area contributed by atoms with E-state index in [1.807, 2.05) is 0 Å². The van der Waals surface area contributed by atoms with Gasteiger partial charge in [0.15, 0.2) is 17.3 Å². The molecule has 11 heteroatoms. The van der Waals surface area contributed by atoms with Crippen LogP contribution in [0.1, 0.15) is 16.8 Å². The first-order valence-corrected chi connectivity index (χ1v) is 8.71. The van der Waals surface area contributed by atoms with Crippen molar-refractivity contribution in [2.45, 2.75) is 12.5 Å². The molecule has 1 aromatic carbocycles. The van der Waals surface area contributed by atoms with Gasteiger partial charge in [-0.15, -0.1) is 0 Å².